The first-order valence-corrected chi connectivity index (χ1v) is 4.87. The number of hydrogen-bond donors (Lipinski definition) is 1. The lowest BCUT2D eigenvalue weighted by Gasteiger charge is -1.90. The van der Waals surface area contributed by atoms with Crippen molar-refractivity contribution in [3.05, 3.63) is 28.4 Å². The summed E-state index contributed by atoms with van der Waals surface area (Å²) in [5.74, 6) is 0.0768. The zero-order valence-corrected chi connectivity index (χ0v) is 9.09. The summed E-state index contributed by atoms with van der Waals surface area (Å²) in [5.41, 5.74) is 6.80. The third-order valence-electron chi connectivity index (χ3n) is 2.01. The number of nitrogen functional groups attached to an aromatic ring is 1. The maximum absolute atomic E-state index is 11.1. The molecule has 0 aliphatic carbocycles. The van der Waals surface area contributed by atoms with Crippen LogP contribution < -0.4 is 5.73 Å². The zero-order valence-electron chi connectivity index (χ0n) is 7.50. The Morgan fingerprint density at radius 3 is 2.86 bits per heavy atom. The number of anilines is 1. The van der Waals surface area contributed by atoms with Crippen LogP contribution in [-0.4, -0.2) is 5.78 Å². The van der Waals surface area contributed by atoms with Crippen molar-refractivity contribution in [2.75, 3.05) is 5.73 Å². The van der Waals surface area contributed by atoms with Gasteiger partial charge in [0.05, 0.1) is 5.69 Å². The van der Waals surface area contributed by atoms with Gasteiger partial charge in [0.2, 0.25) is 0 Å². The Morgan fingerprint density at radius 1 is 1.50 bits per heavy atom. The van der Waals surface area contributed by atoms with Gasteiger partial charge >= 0.3 is 0 Å². The van der Waals surface area contributed by atoms with Gasteiger partial charge in [-0.3, -0.25) is 4.79 Å². The number of Topliss-reactive ketones (excluding diaryl/α,β-unsaturated/α-hetero) is 1. The van der Waals surface area contributed by atoms with E-state index in [1.54, 1.807) is 6.07 Å². The third-order valence-corrected chi connectivity index (χ3v) is 2.50. The number of hydrogen-bond acceptors (Lipinski definition) is 3. The summed E-state index contributed by atoms with van der Waals surface area (Å²) in [6.45, 7) is 1.43. The van der Waals surface area contributed by atoms with Crippen LogP contribution in [0.25, 0.3) is 11.0 Å². The monoisotopic (exact) mass is 253 g/mol. The maximum atomic E-state index is 11.1. The van der Waals surface area contributed by atoms with Crippen LogP contribution >= 0.6 is 15.9 Å². The van der Waals surface area contributed by atoms with Crippen LogP contribution in [0.4, 0.5) is 5.69 Å². The molecule has 0 saturated carbocycles. The molecule has 14 heavy (non-hydrogen) atoms. The summed E-state index contributed by atoms with van der Waals surface area (Å²) >= 11 is 3.32. The fraction of sp³-hybridized carbons (Fsp3) is 0.100. The highest BCUT2D eigenvalue weighted by atomic mass is 79.9. The second-order valence-electron chi connectivity index (χ2n) is 3.04. The molecule has 0 saturated heterocycles. The Labute approximate surface area is 89.0 Å². The van der Waals surface area contributed by atoms with Gasteiger partial charge in [-0.25, -0.2) is 0 Å². The van der Waals surface area contributed by atoms with E-state index in [-0.39, 0.29) is 11.5 Å². The van der Waals surface area contributed by atoms with Gasteiger partial charge in [-0.05, 0) is 18.2 Å². The SMILES string of the molecule is CC(=O)c1oc2cc(Br)ccc2c1N. The fourth-order valence-corrected chi connectivity index (χ4v) is 1.69. The van der Waals surface area contributed by atoms with Gasteiger partial charge < -0.3 is 10.2 Å². The van der Waals surface area contributed by atoms with Crippen molar-refractivity contribution in [2.24, 2.45) is 0 Å². The van der Waals surface area contributed by atoms with Gasteiger partial charge in [-0.15, -0.1) is 0 Å². The first kappa shape index (κ1) is 9.27. The summed E-state index contributed by atoms with van der Waals surface area (Å²) in [5, 5.41) is 0.776. The summed E-state index contributed by atoms with van der Waals surface area (Å²) in [6, 6.07) is 5.47. The normalized spacial score (nSPS) is 10.7. The van der Waals surface area contributed by atoms with E-state index in [9.17, 15) is 4.79 Å². The van der Waals surface area contributed by atoms with Gasteiger partial charge in [-0.2, -0.15) is 0 Å². The number of carbonyl (C=O) groups excluding carboxylic acids is 1. The number of furan rings is 1. The molecule has 0 amide bonds. The molecule has 0 aliphatic rings. The first-order chi connectivity index (χ1) is 6.59. The predicted octanol–water partition coefficient (Wildman–Crippen LogP) is 2.98. The molecule has 0 unspecified atom stereocenters. The maximum Gasteiger partial charge on any atom is 0.197 e. The lowest BCUT2D eigenvalue weighted by Crippen LogP contribution is -1.94. The Hall–Kier alpha value is -1.29. The molecule has 4 heteroatoms. The zero-order chi connectivity index (χ0) is 10.3. The molecule has 0 atom stereocenters. The Bertz CT molecular complexity index is 516. The molecule has 0 bridgehead atoms. The van der Waals surface area contributed by atoms with Crippen molar-refractivity contribution in [3.63, 3.8) is 0 Å². The third kappa shape index (κ3) is 1.32. The number of carbonyl (C=O) groups is 1. The summed E-state index contributed by atoms with van der Waals surface area (Å²) < 4.78 is 6.23. The molecular formula is C10H8BrNO2. The van der Waals surface area contributed by atoms with E-state index in [2.05, 4.69) is 15.9 Å². The highest BCUT2D eigenvalue weighted by Gasteiger charge is 2.14. The average molecular weight is 254 g/mol. The van der Waals surface area contributed by atoms with Gasteiger partial charge in [0.25, 0.3) is 0 Å². The largest absolute Gasteiger partial charge is 0.451 e. The van der Waals surface area contributed by atoms with Crippen molar-refractivity contribution >= 4 is 38.4 Å². The minimum atomic E-state index is -0.158. The second-order valence-corrected chi connectivity index (χ2v) is 3.96. The van der Waals surface area contributed by atoms with E-state index in [0.29, 0.717) is 11.3 Å². The molecule has 2 N–H and O–H groups in total. The van der Waals surface area contributed by atoms with Gasteiger partial charge in [-0.1, -0.05) is 15.9 Å². The lowest BCUT2D eigenvalue weighted by atomic mass is 10.2. The van der Waals surface area contributed by atoms with Gasteiger partial charge in [0.1, 0.15) is 5.58 Å². The minimum absolute atomic E-state index is 0.158. The van der Waals surface area contributed by atoms with E-state index in [1.807, 2.05) is 12.1 Å². The van der Waals surface area contributed by atoms with Crippen LogP contribution in [-0.2, 0) is 0 Å². The second kappa shape index (κ2) is 3.13. The highest BCUT2D eigenvalue weighted by molar-refractivity contribution is 9.10. The number of rotatable bonds is 1. The number of benzene rings is 1. The molecule has 1 aromatic heterocycles. The van der Waals surface area contributed by atoms with Crippen LogP contribution in [0, 0.1) is 0 Å². The van der Waals surface area contributed by atoms with Crippen LogP contribution in [0.15, 0.2) is 27.1 Å². The highest BCUT2D eigenvalue weighted by Crippen LogP contribution is 2.30. The van der Waals surface area contributed by atoms with Crippen molar-refractivity contribution in [3.8, 4) is 0 Å². The van der Waals surface area contributed by atoms with Crippen LogP contribution in [0.1, 0.15) is 17.5 Å². The molecule has 2 rings (SSSR count). The standard InChI is InChI=1S/C10H8BrNO2/c1-5(13)10-9(12)7-3-2-6(11)4-8(7)14-10/h2-4H,12H2,1H3. The van der Waals surface area contributed by atoms with E-state index in [0.717, 1.165) is 9.86 Å². The Kier molecular flexibility index (Phi) is 2.07. The topological polar surface area (TPSA) is 56.2 Å². The van der Waals surface area contributed by atoms with E-state index in [4.69, 9.17) is 10.2 Å². The fourth-order valence-electron chi connectivity index (χ4n) is 1.35. The van der Waals surface area contributed by atoms with Crippen molar-refractivity contribution in [1.29, 1.82) is 0 Å². The van der Waals surface area contributed by atoms with Crippen molar-refractivity contribution in [2.45, 2.75) is 6.92 Å². The summed E-state index contributed by atoms with van der Waals surface area (Å²) in [4.78, 5) is 11.1. The summed E-state index contributed by atoms with van der Waals surface area (Å²) in [6.07, 6.45) is 0. The van der Waals surface area contributed by atoms with Crippen molar-refractivity contribution in [1.82, 2.24) is 0 Å². The molecule has 72 valence electrons. The molecule has 0 spiro atoms. The van der Waals surface area contributed by atoms with E-state index >= 15 is 0 Å². The van der Waals surface area contributed by atoms with Crippen molar-refractivity contribution < 1.29 is 9.21 Å². The smallest absolute Gasteiger partial charge is 0.197 e. The average Bonchev–Trinajstić information content (AvgIpc) is 2.43. The molecule has 0 radical (unpaired) electrons. The molecule has 2 aromatic rings. The van der Waals surface area contributed by atoms with E-state index < -0.39 is 0 Å². The Morgan fingerprint density at radius 2 is 2.21 bits per heavy atom. The summed E-state index contributed by atoms with van der Waals surface area (Å²) in [7, 11) is 0. The number of fused-ring (bicyclic) bond motifs is 1. The van der Waals surface area contributed by atoms with E-state index in [1.165, 1.54) is 6.92 Å². The van der Waals surface area contributed by atoms with Crippen LogP contribution in [0.5, 0.6) is 0 Å². The number of ketones is 1. The number of halogens is 1. The molecule has 0 fully saturated rings. The van der Waals surface area contributed by atoms with Crippen LogP contribution in [0.3, 0.4) is 0 Å². The Balaban J connectivity index is 2.79. The number of nitrogens with two attached hydrogens (primary N) is 1. The molecule has 3 nitrogen and oxygen atoms in total. The molecule has 1 heterocycles. The van der Waals surface area contributed by atoms with Crippen LogP contribution in [0.2, 0.25) is 0 Å². The molecular weight excluding hydrogens is 246 g/mol. The van der Waals surface area contributed by atoms with Gasteiger partial charge in [0, 0.05) is 16.8 Å². The molecule has 0 aliphatic heterocycles. The minimum Gasteiger partial charge on any atom is -0.451 e. The lowest BCUT2D eigenvalue weighted by molar-refractivity contribution is 0.0990. The predicted molar refractivity (Wildman–Crippen MR) is 58.3 cm³/mol. The van der Waals surface area contributed by atoms with Gasteiger partial charge in [0.15, 0.2) is 11.5 Å². The quantitative estimate of drug-likeness (QED) is 0.796. The molecule has 1 aromatic carbocycles. The first-order valence-electron chi connectivity index (χ1n) is 4.08.